The molecule has 0 bridgehead atoms. The van der Waals surface area contributed by atoms with Crippen LogP contribution in [-0.4, -0.2) is 19.5 Å². The van der Waals surface area contributed by atoms with Crippen LogP contribution in [-0.2, 0) is 0 Å². The third-order valence-corrected chi connectivity index (χ3v) is 2.65. The van der Waals surface area contributed by atoms with Gasteiger partial charge in [0, 0.05) is 6.54 Å². The molecule has 6 heteroatoms. The zero-order chi connectivity index (χ0) is 11.6. The maximum Gasteiger partial charge on any atom is 0.573 e. The van der Waals surface area contributed by atoms with Crippen molar-refractivity contribution in [3.63, 3.8) is 0 Å². The van der Waals surface area contributed by atoms with Gasteiger partial charge in [0.2, 0.25) is 0 Å². The van der Waals surface area contributed by atoms with Crippen LogP contribution in [0.1, 0.15) is 17.9 Å². The van der Waals surface area contributed by atoms with Gasteiger partial charge in [-0.2, -0.15) is 0 Å². The minimum Gasteiger partial charge on any atom is -0.406 e. The Balaban J connectivity index is 0.00000144. The average Bonchev–Trinajstić information content (AvgIpc) is 2.69. The summed E-state index contributed by atoms with van der Waals surface area (Å²) in [6, 6.07) is 6.11. The van der Waals surface area contributed by atoms with Crippen molar-refractivity contribution in [1.29, 1.82) is 0 Å². The van der Waals surface area contributed by atoms with E-state index < -0.39 is 6.36 Å². The standard InChI is InChI=1S/C11H12F3NO.ClH/c12-11(13,14)16-10-3-1-8(2-4-10)9-5-6-15-7-9;/h1-4,9,15H,5-7H2;1H. The number of hydrogen-bond donors (Lipinski definition) is 1. The fourth-order valence-electron chi connectivity index (χ4n) is 1.88. The van der Waals surface area contributed by atoms with E-state index in [-0.39, 0.29) is 18.2 Å². The Morgan fingerprint density at radius 2 is 1.82 bits per heavy atom. The maximum absolute atomic E-state index is 11.9. The molecule has 1 aromatic rings. The molecule has 1 saturated heterocycles. The van der Waals surface area contributed by atoms with Crippen molar-refractivity contribution in [2.45, 2.75) is 18.7 Å². The first-order valence-corrected chi connectivity index (χ1v) is 5.11. The van der Waals surface area contributed by atoms with Gasteiger partial charge in [-0.3, -0.25) is 0 Å². The summed E-state index contributed by atoms with van der Waals surface area (Å²) in [5, 5.41) is 3.21. The van der Waals surface area contributed by atoms with Crippen molar-refractivity contribution in [2.24, 2.45) is 0 Å². The molecule has 0 saturated carbocycles. The van der Waals surface area contributed by atoms with E-state index in [0.29, 0.717) is 5.92 Å². The summed E-state index contributed by atoms with van der Waals surface area (Å²) in [5.41, 5.74) is 1.06. The number of halogens is 4. The lowest BCUT2D eigenvalue weighted by atomic mass is 9.99. The summed E-state index contributed by atoms with van der Waals surface area (Å²) in [7, 11) is 0. The second-order valence-corrected chi connectivity index (χ2v) is 3.81. The summed E-state index contributed by atoms with van der Waals surface area (Å²) in [6.07, 6.45) is -3.59. The summed E-state index contributed by atoms with van der Waals surface area (Å²) in [5.74, 6) is 0.238. The quantitative estimate of drug-likeness (QED) is 0.889. The molecule has 1 aromatic carbocycles. The van der Waals surface area contributed by atoms with E-state index >= 15 is 0 Å². The summed E-state index contributed by atoms with van der Waals surface area (Å²) >= 11 is 0. The smallest absolute Gasteiger partial charge is 0.406 e. The molecule has 1 aliphatic rings. The van der Waals surface area contributed by atoms with Crippen LogP contribution in [0.15, 0.2) is 24.3 Å². The molecule has 96 valence electrons. The summed E-state index contributed by atoms with van der Waals surface area (Å²) < 4.78 is 39.5. The van der Waals surface area contributed by atoms with E-state index in [4.69, 9.17) is 0 Å². The molecular weight excluding hydrogens is 255 g/mol. The van der Waals surface area contributed by atoms with Crippen LogP contribution in [0, 0.1) is 0 Å². The van der Waals surface area contributed by atoms with E-state index in [2.05, 4.69) is 10.1 Å². The number of ether oxygens (including phenoxy) is 1. The Kier molecular flexibility index (Phi) is 4.65. The maximum atomic E-state index is 11.9. The minimum atomic E-state index is -4.61. The Morgan fingerprint density at radius 1 is 1.18 bits per heavy atom. The molecule has 0 amide bonds. The Bertz CT molecular complexity index is 347. The monoisotopic (exact) mass is 267 g/mol. The highest BCUT2D eigenvalue weighted by Gasteiger charge is 2.31. The van der Waals surface area contributed by atoms with Crippen LogP contribution >= 0.6 is 12.4 Å². The number of rotatable bonds is 2. The molecule has 1 N–H and O–H groups in total. The van der Waals surface area contributed by atoms with E-state index in [1.54, 1.807) is 12.1 Å². The molecule has 1 atom stereocenters. The molecule has 0 radical (unpaired) electrons. The van der Waals surface area contributed by atoms with E-state index in [9.17, 15) is 13.2 Å². The first kappa shape index (κ1) is 14.1. The zero-order valence-electron chi connectivity index (χ0n) is 8.96. The SMILES string of the molecule is Cl.FC(F)(F)Oc1ccc(C2CCNC2)cc1. The van der Waals surface area contributed by atoms with Crippen LogP contribution in [0.3, 0.4) is 0 Å². The number of nitrogens with one attached hydrogen (secondary N) is 1. The van der Waals surface area contributed by atoms with Gasteiger partial charge in [-0.1, -0.05) is 12.1 Å². The number of alkyl halides is 3. The molecule has 1 aliphatic heterocycles. The lowest BCUT2D eigenvalue weighted by Crippen LogP contribution is -2.17. The zero-order valence-corrected chi connectivity index (χ0v) is 9.77. The predicted molar refractivity (Wildman–Crippen MR) is 60.6 cm³/mol. The highest BCUT2D eigenvalue weighted by Crippen LogP contribution is 2.27. The van der Waals surface area contributed by atoms with E-state index in [1.807, 2.05) is 0 Å². The van der Waals surface area contributed by atoms with Gasteiger partial charge in [0.1, 0.15) is 5.75 Å². The molecule has 17 heavy (non-hydrogen) atoms. The van der Waals surface area contributed by atoms with Crippen molar-refractivity contribution >= 4 is 12.4 Å². The van der Waals surface area contributed by atoms with Crippen molar-refractivity contribution in [1.82, 2.24) is 5.32 Å². The van der Waals surface area contributed by atoms with Crippen LogP contribution in [0.2, 0.25) is 0 Å². The van der Waals surface area contributed by atoms with Crippen LogP contribution < -0.4 is 10.1 Å². The average molecular weight is 268 g/mol. The van der Waals surface area contributed by atoms with E-state index in [1.165, 1.54) is 12.1 Å². The molecule has 2 nitrogen and oxygen atoms in total. The van der Waals surface area contributed by atoms with Crippen molar-refractivity contribution < 1.29 is 17.9 Å². The van der Waals surface area contributed by atoms with Crippen LogP contribution in [0.25, 0.3) is 0 Å². The Hall–Kier alpha value is -0.940. The summed E-state index contributed by atoms with van der Waals surface area (Å²) in [4.78, 5) is 0. The van der Waals surface area contributed by atoms with Crippen molar-refractivity contribution in [3.8, 4) is 5.75 Å². The van der Waals surface area contributed by atoms with Gasteiger partial charge in [0.25, 0.3) is 0 Å². The van der Waals surface area contributed by atoms with E-state index in [0.717, 1.165) is 25.1 Å². The molecule has 0 aliphatic carbocycles. The van der Waals surface area contributed by atoms with Gasteiger partial charge in [-0.05, 0) is 36.6 Å². The Morgan fingerprint density at radius 3 is 2.29 bits per heavy atom. The van der Waals surface area contributed by atoms with Gasteiger partial charge < -0.3 is 10.1 Å². The van der Waals surface area contributed by atoms with Crippen molar-refractivity contribution in [2.75, 3.05) is 13.1 Å². The van der Waals surface area contributed by atoms with Crippen LogP contribution in [0.5, 0.6) is 5.75 Å². The molecule has 1 heterocycles. The van der Waals surface area contributed by atoms with Crippen LogP contribution in [0.4, 0.5) is 13.2 Å². The largest absolute Gasteiger partial charge is 0.573 e. The molecule has 2 rings (SSSR count). The molecule has 0 aromatic heterocycles. The molecule has 1 fully saturated rings. The first-order valence-electron chi connectivity index (χ1n) is 5.11. The minimum absolute atomic E-state index is 0. The topological polar surface area (TPSA) is 21.3 Å². The van der Waals surface area contributed by atoms with Gasteiger partial charge in [0.15, 0.2) is 0 Å². The fourth-order valence-corrected chi connectivity index (χ4v) is 1.88. The second-order valence-electron chi connectivity index (χ2n) is 3.81. The Labute approximate surface area is 104 Å². The second kappa shape index (κ2) is 5.60. The first-order chi connectivity index (χ1) is 7.54. The fraction of sp³-hybridized carbons (Fsp3) is 0.455. The highest BCUT2D eigenvalue weighted by atomic mass is 35.5. The molecule has 1 unspecified atom stereocenters. The predicted octanol–water partition coefficient (Wildman–Crippen LogP) is 3.08. The lowest BCUT2D eigenvalue weighted by Gasteiger charge is -2.11. The van der Waals surface area contributed by atoms with Gasteiger partial charge in [-0.25, -0.2) is 0 Å². The lowest BCUT2D eigenvalue weighted by molar-refractivity contribution is -0.274. The van der Waals surface area contributed by atoms with Gasteiger partial charge in [-0.15, -0.1) is 25.6 Å². The van der Waals surface area contributed by atoms with Gasteiger partial charge >= 0.3 is 6.36 Å². The normalized spacial score (nSPS) is 19.8. The summed E-state index contributed by atoms with van der Waals surface area (Å²) in [6.45, 7) is 1.85. The van der Waals surface area contributed by atoms with Gasteiger partial charge in [0.05, 0.1) is 0 Å². The third kappa shape index (κ3) is 4.09. The third-order valence-electron chi connectivity index (χ3n) is 2.65. The molecular formula is C11H13ClF3NO. The number of benzene rings is 1. The molecule has 0 spiro atoms. The van der Waals surface area contributed by atoms with Crippen molar-refractivity contribution in [3.05, 3.63) is 29.8 Å². The highest BCUT2D eigenvalue weighted by molar-refractivity contribution is 5.85. The number of hydrogen-bond acceptors (Lipinski definition) is 2.